The summed E-state index contributed by atoms with van der Waals surface area (Å²) in [5, 5.41) is 7.73. The lowest BCUT2D eigenvalue weighted by Crippen LogP contribution is -2.19. The fourth-order valence-corrected chi connectivity index (χ4v) is 1.65. The van der Waals surface area contributed by atoms with Crippen molar-refractivity contribution in [2.45, 2.75) is 39.3 Å². The first-order valence-corrected chi connectivity index (χ1v) is 5.09. The zero-order valence-corrected chi connectivity index (χ0v) is 8.33. The van der Waals surface area contributed by atoms with Crippen LogP contribution in [-0.4, -0.2) is 15.8 Å². The molecule has 3 nitrogen and oxygen atoms in total. The summed E-state index contributed by atoms with van der Waals surface area (Å²) in [6.07, 6.45) is 4.62. The van der Waals surface area contributed by atoms with Gasteiger partial charge in [0.25, 0.3) is 0 Å². The summed E-state index contributed by atoms with van der Waals surface area (Å²) < 4.78 is 2.00. The highest BCUT2D eigenvalue weighted by atomic mass is 15.3. The quantitative estimate of drug-likeness (QED) is 0.767. The number of anilines is 1. The van der Waals surface area contributed by atoms with E-state index in [1.165, 1.54) is 12.8 Å². The molecule has 1 aromatic heterocycles. The van der Waals surface area contributed by atoms with Crippen molar-refractivity contribution in [2.75, 3.05) is 5.32 Å². The SMILES string of the molecule is CCn1nccc1NC(C)C1CC1. The van der Waals surface area contributed by atoms with E-state index >= 15 is 0 Å². The van der Waals surface area contributed by atoms with E-state index in [-0.39, 0.29) is 0 Å². The number of hydrogen-bond donors (Lipinski definition) is 1. The van der Waals surface area contributed by atoms with Crippen LogP contribution < -0.4 is 5.32 Å². The van der Waals surface area contributed by atoms with Crippen LogP contribution in [0.25, 0.3) is 0 Å². The Morgan fingerprint density at radius 1 is 1.69 bits per heavy atom. The number of aryl methyl sites for hydroxylation is 1. The fraction of sp³-hybridized carbons (Fsp3) is 0.700. The smallest absolute Gasteiger partial charge is 0.124 e. The van der Waals surface area contributed by atoms with Gasteiger partial charge in [0.1, 0.15) is 5.82 Å². The molecule has 1 N–H and O–H groups in total. The number of nitrogens with one attached hydrogen (secondary N) is 1. The number of aromatic nitrogens is 2. The summed E-state index contributed by atoms with van der Waals surface area (Å²) >= 11 is 0. The van der Waals surface area contributed by atoms with Gasteiger partial charge in [0, 0.05) is 18.7 Å². The molecule has 0 saturated heterocycles. The predicted molar refractivity (Wildman–Crippen MR) is 53.7 cm³/mol. The van der Waals surface area contributed by atoms with Gasteiger partial charge in [-0.3, -0.25) is 4.68 Å². The molecule has 3 heteroatoms. The Balaban J connectivity index is 1.99. The molecule has 1 aliphatic rings. The van der Waals surface area contributed by atoms with E-state index in [1.54, 1.807) is 0 Å². The minimum atomic E-state index is 0.599. The molecule has 1 aromatic rings. The van der Waals surface area contributed by atoms with Crippen LogP contribution in [0.15, 0.2) is 12.3 Å². The average molecular weight is 179 g/mol. The number of hydrogen-bond acceptors (Lipinski definition) is 2. The third kappa shape index (κ3) is 1.85. The topological polar surface area (TPSA) is 29.9 Å². The second-order valence-electron chi connectivity index (χ2n) is 3.80. The summed E-state index contributed by atoms with van der Waals surface area (Å²) in [6, 6.07) is 2.64. The van der Waals surface area contributed by atoms with Crippen LogP contribution in [0, 0.1) is 5.92 Å². The molecule has 1 saturated carbocycles. The van der Waals surface area contributed by atoms with Gasteiger partial charge in [0.15, 0.2) is 0 Å². The second-order valence-corrected chi connectivity index (χ2v) is 3.80. The Morgan fingerprint density at radius 2 is 2.46 bits per heavy atom. The Bertz CT molecular complexity index is 275. The summed E-state index contributed by atoms with van der Waals surface area (Å²) in [6.45, 7) is 5.30. The highest BCUT2D eigenvalue weighted by Crippen LogP contribution is 2.33. The van der Waals surface area contributed by atoms with E-state index in [1.807, 2.05) is 16.9 Å². The maximum absolute atomic E-state index is 4.22. The van der Waals surface area contributed by atoms with Crippen molar-refractivity contribution in [3.63, 3.8) is 0 Å². The second kappa shape index (κ2) is 3.40. The van der Waals surface area contributed by atoms with Crippen molar-refractivity contribution < 1.29 is 0 Å². The lowest BCUT2D eigenvalue weighted by atomic mass is 10.2. The van der Waals surface area contributed by atoms with E-state index in [0.29, 0.717) is 6.04 Å². The zero-order chi connectivity index (χ0) is 9.26. The minimum Gasteiger partial charge on any atom is -0.368 e. The van der Waals surface area contributed by atoms with E-state index < -0.39 is 0 Å². The normalized spacial score (nSPS) is 18.6. The molecule has 1 atom stereocenters. The molecular formula is C10H17N3. The molecule has 2 rings (SSSR count). The summed E-state index contributed by atoms with van der Waals surface area (Å²) in [4.78, 5) is 0. The molecule has 72 valence electrons. The van der Waals surface area contributed by atoms with Crippen molar-refractivity contribution in [3.8, 4) is 0 Å². The van der Waals surface area contributed by atoms with Gasteiger partial charge in [0.2, 0.25) is 0 Å². The van der Waals surface area contributed by atoms with Crippen molar-refractivity contribution in [3.05, 3.63) is 12.3 Å². The molecule has 0 radical (unpaired) electrons. The van der Waals surface area contributed by atoms with Gasteiger partial charge < -0.3 is 5.32 Å². The summed E-state index contributed by atoms with van der Waals surface area (Å²) in [7, 11) is 0. The molecule has 1 fully saturated rings. The average Bonchev–Trinajstić information content (AvgIpc) is 2.88. The standard InChI is InChI=1S/C10H17N3/c1-3-13-10(6-7-11-13)12-8(2)9-4-5-9/h6-9,12H,3-5H2,1-2H3. The highest BCUT2D eigenvalue weighted by molar-refractivity contribution is 5.35. The zero-order valence-electron chi connectivity index (χ0n) is 8.33. The van der Waals surface area contributed by atoms with Gasteiger partial charge in [-0.05, 0) is 32.6 Å². The van der Waals surface area contributed by atoms with Gasteiger partial charge in [-0.25, -0.2) is 0 Å². The molecule has 1 unspecified atom stereocenters. The van der Waals surface area contributed by atoms with E-state index in [4.69, 9.17) is 0 Å². The van der Waals surface area contributed by atoms with E-state index in [0.717, 1.165) is 18.3 Å². The Labute approximate surface area is 79.1 Å². The van der Waals surface area contributed by atoms with Crippen molar-refractivity contribution in [1.82, 2.24) is 9.78 Å². The first-order valence-electron chi connectivity index (χ1n) is 5.09. The maximum atomic E-state index is 4.22. The van der Waals surface area contributed by atoms with Gasteiger partial charge in [-0.15, -0.1) is 0 Å². The summed E-state index contributed by atoms with van der Waals surface area (Å²) in [5.41, 5.74) is 0. The molecule has 0 aromatic carbocycles. The number of rotatable bonds is 4. The van der Waals surface area contributed by atoms with Gasteiger partial charge in [-0.1, -0.05) is 0 Å². The first-order chi connectivity index (χ1) is 6.31. The van der Waals surface area contributed by atoms with Gasteiger partial charge in [0.05, 0.1) is 6.20 Å². The maximum Gasteiger partial charge on any atom is 0.124 e. The van der Waals surface area contributed by atoms with Crippen LogP contribution in [0.3, 0.4) is 0 Å². The minimum absolute atomic E-state index is 0.599. The van der Waals surface area contributed by atoms with Gasteiger partial charge in [-0.2, -0.15) is 5.10 Å². The van der Waals surface area contributed by atoms with Crippen LogP contribution in [0.1, 0.15) is 26.7 Å². The predicted octanol–water partition coefficient (Wildman–Crippen LogP) is 2.11. The molecule has 0 bridgehead atoms. The van der Waals surface area contributed by atoms with E-state index in [9.17, 15) is 0 Å². The highest BCUT2D eigenvalue weighted by Gasteiger charge is 2.28. The van der Waals surface area contributed by atoms with Crippen molar-refractivity contribution in [2.24, 2.45) is 5.92 Å². The third-order valence-corrected chi connectivity index (χ3v) is 2.72. The van der Waals surface area contributed by atoms with Crippen LogP contribution in [-0.2, 0) is 6.54 Å². The van der Waals surface area contributed by atoms with Crippen LogP contribution >= 0.6 is 0 Å². The Kier molecular flexibility index (Phi) is 2.25. The number of nitrogens with zero attached hydrogens (tertiary/aromatic N) is 2. The van der Waals surface area contributed by atoms with Crippen LogP contribution in [0.4, 0.5) is 5.82 Å². The largest absolute Gasteiger partial charge is 0.368 e. The molecule has 0 amide bonds. The molecule has 1 heterocycles. The first kappa shape index (κ1) is 8.60. The lowest BCUT2D eigenvalue weighted by molar-refractivity contribution is 0.634. The van der Waals surface area contributed by atoms with Crippen LogP contribution in [0.5, 0.6) is 0 Å². The lowest BCUT2D eigenvalue weighted by Gasteiger charge is -2.14. The van der Waals surface area contributed by atoms with E-state index in [2.05, 4.69) is 24.3 Å². The Hall–Kier alpha value is -0.990. The van der Waals surface area contributed by atoms with Crippen LogP contribution in [0.2, 0.25) is 0 Å². The fourth-order valence-electron chi connectivity index (χ4n) is 1.65. The molecule has 0 spiro atoms. The van der Waals surface area contributed by atoms with Crippen molar-refractivity contribution >= 4 is 5.82 Å². The molecular weight excluding hydrogens is 162 g/mol. The Morgan fingerprint density at radius 3 is 3.08 bits per heavy atom. The van der Waals surface area contributed by atoms with Gasteiger partial charge >= 0.3 is 0 Å². The van der Waals surface area contributed by atoms with Crippen molar-refractivity contribution in [1.29, 1.82) is 0 Å². The molecule has 1 aliphatic carbocycles. The summed E-state index contributed by atoms with van der Waals surface area (Å²) in [5.74, 6) is 2.04. The monoisotopic (exact) mass is 179 g/mol. The third-order valence-electron chi connectivity index (χ3n) is 2.72. The molecule has 13 heavy (non-hydrogen) atoms. The molecule has 0 aliphatic heterocycles.